The van der Waals surface area contributed by atoms with Crippen LogP contribution in [0.2, 0.25) is 0 Å². The largest absolute Gasteiger partial charge is 0.507 e. The van der Waals surface area contributed by atoms with Crippen LogP contribution >= 0.6 is 0 Å². The van der Waals surface area contributed by atoms with Crippen LogP contribution in [0.3, 0.4) is 0 Å². The molecular formula is C20H15N5O. The number of nitrogens with one attached hydrogen (secondary N) is 1. The van der Waals surface area contributed by atoms with Gasteiger partial charge in [0, 0.05) is 28.9 Å². The van der Waals surface area contributed by atoms with Crippen LogP contribution in [0.4, 0.5) is 5.82 Å². The number of hydrazone groups is 1. The second-order valence-corrected chi connectivity index (χ2v) is 5.58. The summed E-state index contributed by atoms with van der Waals surface area (Å²) in [5.74, 6) is 1.35. The number of aromatic hydroxyl groups is 1. The van der Waals surface area contributed by atoms with Crippen molar-refractivity contribution in [2.24, 2.45) is 5.10 Å². The van der Waals surface area contributed by atoms with Crippen molar-refractivity contribution in [2.75, 3.05) is 5.43 Å². The molecule has 0 spiro atoms. The van der Waals surface area contributed by atoms with Gasteiger partial charge in [-0.1, -0.05) is 24.3 Å². The lowest BCUT2D eigenvalue weighted by Gasteiger charge is -2.08. The molecule has 0 atom stereocenters. The number of pyridine rings is 1. The maximum Gasteiger partial charge on any atom is 0.162 e. The van der Waals surface area contributed by atoms with Gasteiger partial charge in [-0.3, -0.25) is 10.4 Å². The third-order valence-corrected chi connectivity index (χ3v) is 3.85. The molecule has 6 heteroatoms. The zero-order chi connectivity index (χ0) is 17.8. The number of para-hydroxylation sites is 2. The number of phenolic OH excluding ortho intramolecular Hbond substituents is 1. The number of hydrogen-bond acceptors (Lipinski definition) is 6. The molecule has 26 heavy (non-hydrogen) atoms. The fourth-order valence-corrected chi connectivity index (χ4v) is 2.55. The summed E-state index contributed by atoms with van der Waals surface area (Å²) in [5.41, 5.74) is 5.27. The number of rotatable bonds is 4. The van der Waals surface area contributed by atoms with Crippen LogP contribution in [0.15, 0.2) is 78.2 Å². The first-order valence-electron chi connectivity index (χ1n) is 8.05. The zero-order valence-electron chi connectivity index (χ0n) is 13.7. The van der Waals surface area contributed by atoms with E-state index in [1.165, 1.54) is 0 Å². The van der Waals surface area contributed by atoms with E-state index in [9.17, 15) is 5.11 Å². The molecule has 0 fully saturated rings. The van der Waals surface area contributed by atoms with E-state index >= 15 is 0 Å². The zero-order valence-corrected chi connectivity index (χ0v) is 13.7. The number of anilines is 1. The SMILES string of the molecule is Oc1ccccc1/C=N\Nc1nc(-c2ccncc2)nc2ccccc12. The summed E-state index contributed by atoms with van der Waals surface area (Å²) in [5, 5.41) is 14.9. The molecule has 0 unspecified atom stereocenters. The minimum Gasteiger partial charge on any atom is -0.507 e. The molecule has 2 aromatic carbocycles. The molecular weight excluding hydrogens is 326 g/mol. The minimum atomic E-state index is 0.170. The van der Waals surface area contributed by atoms with Gasteiger partial charge in [-0.25, -0.2) is 9.97 Å². The molecule has 4 rings (SSSR count). The molecule has 6 nitrogen and oxygen atoms in total. The lowest BCUT2D eigenvalue weighted by molar-refractivity contribution is 0.474. The van der Waals surface area contributed by atoms with Gasteiger partial charge in [0.25, 0.3) is 0 Å². The molecule has 0 aliphatic rings. The minimum absolute atomic E-state index is 0.170. The number of phenols is 1. The average Bonchev–Trinajstić information content (AvgIpc) is 2.70. The maximum atomic E-state index is 9.82. The molecule has 4 aromatic rings. The summed E-state index contributed by atoms with van der Waals surface area (Å²) in [6.07, 6.45) is 4.97. The molecule has 0 aliphatic carbocycles. The Morgan fingerprint density at radius 3 is 2.50 bits per heavy atom. The average molecular weight is 341 g/mol. The van der Waals surface area contributed by atoms with Crippen molar-refractivity contribution in [3.05, 3.63) is 78.6 Å². The van der Waals surface area contributed by atoms with Gasteiger partial charge in [0.1, 0.15) is 5.75 Å². The number of benzene rings is 2. The van der Waals surface area contributed by atoms with Gasteiger partial charge in [0.05, 0.1) is 11.7 Å². The number of aromatic nitrogens is 3. The van der Waals surface area contributed by atoms with Crippen molar-refractivity contribution in [2.45, 2.75) is 0 Å². The second-order valence-electron chi connectivity index (χ2n) is 5.58. The van der Waals surface area contributed by atoms with E-state index < -0.39 is 0 Å². The lowest BCUT2D eigenvalue weighted by atomic mass is 10.2. The molecule has 0 bridgehead atoms. The Kier molecular flexibility index (Phi) is 4.22. The Balaban J connectivity index is 1.73. The van der Waals surface area contributed by atoms with Crippen molar-refractivity contribution in [3.8, 4) is 17.1 Å². The maximum absolute atomic E-state index is 9.82. The summed E-state index contributed by atoms with van der Waals surface area (Å²) in [7, 11) is 0. The van der Waals surface area contributed by atoms with Crippen LogP contribution in [0.1, 0.15) is 5.56 Å². The van der Waals surface area contributed by atoms with Crippen LogP contribution < -0.4 is 5.43 Å². The van der Waals surface area contributed by atoms with E-state index in [0.717, 1.165) is 16.5 Å². The van der Waals surface area contributed by atoms with Crippen LogP contribution in [-0.4, -0.2) is 26.3 Å². The molecule has 2 heterocycles. The third-order valence-electron chi connectivity index (χ3n) is 3.85. The van der Waals surface area contributed by atoms with Crippen molar-refractivity contribution < 1.29 is 5.11 Å². The topological polar surface area (TPSA) is 83.3 Å². The first-order chi connectivity index (χ1) is 12.8. The Labute approximate surface area is 149 Å². The van der Waals surface area contributed by atoms with Crippen molar-refractivity contribution >= 4 is 22.9 Å². The van der Waals surface area contributed by atoms with E-state index in [1.807, 2.05) is 42.5 Å². The van der Waals surface area contributed by atoms with Gasteiger partial charge < -0.3 is 5.11 Å². The van der Waals surface area contributed by atoms with Crippen molar-refractivity contribution in [3.63, 3.8) is 0 Å². The molecule has 2 aromatic heterocycles. The molecule has 0 saturated carbocycles. The highest BCUT2D eigenvalue weighted by atomic mass is 16.3. The number of fused-ring (bicyclic) bond motifs is 1. The Morgan fingerprint density at radius 2 is 1.65 bits per heavy atom. The van der Waals surface area contributed by atoms with Gasteiger partial charge >= 0.3 is 0 Å². The predicted molar refractivity (Wildman–Crippen MR) is 102 cm³/mol. The highest BCUT2D eigenvalue weighted by Gasteiger charge is 2.08. The normalized spacial score (nSPS) is 11.1. The van der Waals surface area contributed by atoms with Gasteiger partial charge in [0.2, 0.25) is 0 Å². The van der Waals surface area contributed by atoms with Crippen LogP contribution in [0, 0.1) is 0 Å². The first kappa shape index (κ1) is 15.7. The Hall–Kier alpha value is -3.80. The fraction of sp³-hybridized carbons (Fsp3) is 0. The highest BCUT2D eigenvalue weighted by molar-refractivity contribution is 5.91. The van der Waals surface area contributed by atoms with Crippen molar-refractivity contribution in [1.82, 2.24) is 15.0 Å². The van der Waals surface area contributed by atoms with Gasteiger partial charge in [-0.2, -0.15) is 5.10 Å². The lowest BCUT2D eigenvalue weighted by Crippen LogP contribution is -1.99. The Bertz CT molecular complexity index is 1080. The smallest absolute Gasteiger partial charge is 0.162 e. The molecule has 2 N–H and O–H groups in total. The molecule has 0 radical (unpaired) electrons. The second kappa shape index (κ2) is 6.98. The summed E-state index contributed by atoms with van der Waals surface area (Å²) < 4.78 is 0. The highest BCUT2D eigenvalue weighted by Crippen LogP contribution is 2.24. The monoisotopic (exact) mass is 341 g/mol. The fourth-order valence-electron chi connectivity index (χ4n) is 2.55. The molecule has 0 saturated heterocycles. The van der Waals surface area contributed by atoms with E-state index in [-0.39, 0.29) is 5.75 Å². The molecule has 0 amide bonds. The summed E-state index contributed by atoms with van der Waals surface area (Å²) in [4.78, 5) is 13.2. The molecule has 126 valence electrons. The van der Waals surface area contributed by atoms with E-state index in [2.05, 4.69) is 25.5 Å². The van der Waals surface area contributed by atoms with Gasteiger partial charge in [-0.05, 0) is 36.4 Å². The van der Waals surface area contributed by atoms with E-state index in [1.54, 1.807) is 36.8 Å². The standard InChI is InChI=1S/C20H15N5O/c26-18-8-4-1-5-15(18)13-22-25-20-16-6-2-3-7-17(16)23-19(24-20)14-9-11-21-12-10-14/h1-13,26H,(H,23,24,25)/b22-13-. The van der Waals surface area contributed by atoms with Crippen molar-refractivity contribution in [1.29, 1.82) is 0 Å². The summed E-state index contributed by atoms with van der Waals surface area (Å²) in [6.45, 7) is 0. The quantitative estimate of drug-likeness (QED) is 0.435. The number of hydrogen-bond donors (Lipinski definition) is 2. The number of nitrogens with zero attached hydrogens (tertiary/aromatic N) is 4. The van der Waals surface area contributed by atoms with E-state index in [4.69, 9.17) is 0 Å². The first-order valence-corrected chi connectivity index (χ1v) is 8.05. The summed E-state index contributed by atoms with van der Waals surface area (Å²) >= 11 is 0. The Morgan fingerprint density at radius 1 is 0.885 bits per heavy atom. The van der Waals surface area contributed by atoms with Crippen LogP contribution in [0.25, 0.3) is 22.3 Å². The van der Waals surface area contributed by atoms with E-state index in [0.29, 0.717) is 17.2 Å². The van der Waals surface area contributed by atoms with Gasteiger partial charge in [0.15, 0.2) is 11.6 Å². The predicted octanol–water partition coefficient (Wildman–Crippen LogP) is 3.84. The molecule has 0 aliphatic heterocycles. The summed E-state index contributed by atoms with van der Waals surface area (Å²) in [6, 6.07) is 18.4. The van der Waals surface area contributed by atoms with Crippen LogP contribution in [0.5, 0.6) is 5.75 Å². The van der Waals surface area contributed by atoms with Crippen LogP contribution in [-0.2, 0) is 0 Å². The third kappa shape index (κ3) is 3.21. The van der Waals surface area contributed by atoms with Gasteiger partial charge in [-0.15, -0.1) is 0 Å².